The van der Waals surface area contributed by atoms with Gasteiger partial charge < -0.3 is 10.4 Å². The van der Waals surface area contributed by atoms with Gasteiger partial charge >= 0.3 is 0 Å². The summed E-state index contributed by atoms with van der Waals surface area (Å²) in [5.74, 6) is -0.438. The van der Waals surface area contributed by atoms with Crippen molar-refractivity contribution < 1.29 is 18.7 Å². The molecule has 0 aromatic rings. The monoisotopic (exact) mass is 259 g/mol. The van der Waals surface area contributed by atoms with Crippen molar-refractivity contribution in [3.8, 4) is 0 Å². The average molecular weight is 260 g/mol. The Kier molecular flexibility index (Phi) is 4.77. The summed E-state index contributed by atoms with van der Waals surface area (Å²) in [5, 5.41) is 10.8. The molecule has 1 atom stereocenters. The summed E-state index contributed by atoms with van der Waals surface area (Å²) >= 11 is 3.05. The number of alkyl halides is 3. The third-order valence-corrected chi connectivity index (χ3v) is 1.66. The van der Waals surface area contributed by atoms with Crippen LogP contribution in [0.25, 0.3) is 0 Å². The number of amides is 1. The Morgan fingerprint density at radius 1 is 1.62 bits per heavy atom. The minimum absolute atomic E-state index is 0.438. The highest BCUT2D eigenvalue weighted by Gasteiger charge is 2.25. The highest BCUT2D eigenvalue weighted by Crippen LogP contribution is 2.15. The zero-order valence-corrected chi connectivity index (χ0v) is 8.94. The van der Waals surface area contributed by atoms with Crippen molar-refractivity contribution >= 4 is 21.8 Å². The molecule has 0 fully saturated rings. The first-order valence-electron chi connectivity index (χ1n) is 3.68. The molecule has 0 aliphatic rings. The molecular weight excluding hydrogens is 248 g/mol. The van der Waals surface area contributed by atoms with E-state index in [1.807, 2.05) is 0 Å². The molecule has 0 aliphatic carbocycles. The van der Waals surface area contributed by atoms with E-state index in [0.29, 0.717) is 0 Å². The molecule has 0 bridgehead atoms. The van der Waals surface area contributed by atoms with E-state index >= 15 is 0 Å². The summed E-state index contributed by atoms with van der Waals surface area (Å²) < 4.78 is 22.7. The largest absolute Gasteiger partial charge is 0.385 e. The maximum Gasteiger partial charge on any atom is 0.265 e. The third-order valence-electron chi connectivity index (χ3n) is 1.30. The number of aliphatic hydroxyl groups excluding tert-OH is 1. The van der Waals surface area contributed by atoms with E-state index in [-0.39, 0.29) is 0 Å². The van der Waals surface area contributed by atoms with E-state index in [4.69, 9.17) is 5.11 Å². The van der Waals surface area contributed by atoms with E-state index in [1.165, 1.54) is 0 Å². The van der Waals surface area contributed by atoms with Crippen molar-refractivity contribution in [2.45, 2.75) is 30.7 Å². The summed E-state index contributed by atoms with van der Waals surface area (Å²) in [6, 6.07) is 0. The van der Waals surface area contributed by atoms with Crippen LogP contribution in [0.4, 0.5) is 8.78 Å². The van der Waals surface area contributed by atoms with E-state index in [9.17, 15) is 13.6 Å². The van der Waals surface area contributed by atoms with Crippen LogP contribution in [0.1, 0.15) is 13.8 Å². The van der Waals surface area contributed by atoms with Gasteiger partial charge in [-0.3, -0.25) is 4.79 Å². The SMILES string of the molecule is CC(C)(Br)C(=O)NCC(O)C(F)F. The molecule has 0 aromatic carbocycles. The molecule has 1 unspecified atom stereocenters. The summed E-state index contributed by atoms with van der Waals surface area (Å²) in [4.78, 5) is 11.1. The van der Waals surface area contributed by atoms with Gasteiger partial charge in [0.05, 0.1) is 4.32 Å². The standard InChI is InChI=1S/C7H12BrF2NO2/c1-7(2,8)6(13)11-3-4(12)5(9)10/h4-5,12H,3H2,1-2H3,(H,11,13). The molecule has 0 aliphatic heterocycles. The minimum atomic E-state index is -2.83. The number of carbonyl (C=O) groups is 1. The van der Waals surface area contributed by atoms with Crippen molar-refractivity contribution in [2.24, 2.45) is 0 Å². The molecule has 6 heteroatoms. The first-order chi connectivity index (χ1) is 5.75. The van der Waals surface area contributed by atoms with Gasteiger partial charge in [0.1, 0.15) is 6.10 Å². The fourth-order valence-electron chi connectivity index (χ4n) is 0.497. The van der Waals surface area contributed by atoms with Gasteiger partial charge in [-0.1, -0.05) is 15.9 Å². The predicted octanol–water partition coefficient (Wildman–Crippen LogP) is 0.902. The Morgan fingerprint density at radius 2 is 2.08 bits per heavy atom. The van der Waals surface area contributed by atoms with Gasteiger partial charge in [-0.15, -0.1) is 0 Å². The molecule has 3 nitrogen and oxygen atoms in total. The molecule has 0 radical (unpaired) electrons. The molecular formula is C7H12BrF2NO2. The van der Waals surface area contributed by atoms with Crippen molar-refractivity contribution in [2.75, 3.05) is 6.54 Å². The Bertz CT molecular complexity index is 182. The molecule has 2 N–H and O–H groups in total. The lowest BCUT2D eigenvalue weighted by Crippen LogP contribution is -2.43. The quantitative estimate of drug-likeness (QED) is 0.738. The number of rotatable bonds is 4. The number of halogens is 3. The van der Waals surface area contributed by atoms with Crippen LogP contribution in [-0.2, 0) is 4.79 Å². The van der Waals surface area contributed by atoms with Gasteiger partial charge in [-0.25, -0.2) is 8.78 Å². The second kappa shape index (κ2) is 4.85. The van der Waals surface area contributed by atoms with Gasteiger partial charge in [0, 0.05) is 6.54 Å². The van der Waals surface area contributed by atoms with Gasteiger partial charge in [0.15, 0.2) is 0 Å². The maximum absolute atomic E-state index is 11.8. The van der Waals surface area contributed by atoms with E-state index < -0.39 is 29.3 Å². The number of hydrogen-bond acceptors (Lipinski definition) is 2. The first kappa shape index (κ1) is 12.8. The molecule has 78 valence electrons. The second-order valence-electron chi connectivity index (χ2n) is 3.08. The van der Waals surface area contributed by atoms with Crippen LogP contribution in [0.15, 0.2) is 0 Å². The van der Waals surface area contributed by atoms with E-state index in [1.54, 1.807) is 13.8 Å². The van der Waals surface area contributed by atoms with Gasteiger partial charge in [-0.2, -0.15) is 0 Å². The molecule has 0 spiro atoms. The molecule has 13 heavy (non-hydrogen) atoms. The summed E-state index contributed by atoms with van der Waals surface area (Å²) in [6.07, 6.45) is -4.64. The number of hydrogen-bond donors (Lipinski definition) is 2. The Labute approximate surface area is 83.6 Å². The lowest BCUT2D eigenvalue weighted by Gasteiger charge is -2.17. The van der Waals surface area contributed by atoms with Crippen LogP contribution in [0.5, 0.6) is 0 Å². The Balaban J connectivity index is 3.84. The molecule has 0 aromatic heterocycles. The number of carbonyl (C=O) groups excluding carboxylic acids is 1. The third kappa shape index (κ3) is 5.15. The summed E-state index contributed by atoms with van der Waals surface area (Å²) in [5.41, 5.74) is 0. The van der Waals surface area contributed by atoms with Crippen LogP contribution >= 0.6 is 15.9 Å². The average Bonchev–Trinajstić information content (AvgIpc) is 1.97. The Morgan fingerprint density at radius 3 is 2.38 bits per heavy atom. The van der Waals surface area contributed by atoms with E-state index in [0.717, 1.165) is 0 Å². The van der Waals surface area contributed by atoms with Crippen molar-refractivity contribution in [3.05, 3.63) is 0 Å². The fraction of sp³-hybridized carbons (Fsp3) is 0.857. The molecule has 0 heterocycles. The highest BCUT2D eigenvalue weighted by molar-refractivity contribution is 9.10. The zero-order chi connectivity index (χ0) is 10.6. The molecule has 1 amide bonds. The molecule has 0 saturated carbocycles. The lowest BCUT2D eigenvalue weighted by molar-refractivity contribution is -0.123. The van der Waals surface area contributed by atoms with Crippen LogP contribution in [0.2, 0.25) is 0 Å². The molecule has 0 saturated heterocycles. The first-order valence-corrected chi connectivity index (χ1v) is 4.48. The van der Waals surface area contributed by atoms with Gasteiger partial charge in [-0.05, 0) is 13.8 Å². The normalized spacial score (nSPS) is 14.4. The van der Waals surface area contributed by atoms with Gasteiger partial charge in [0.2, 0.25) is 5.91 Å². The van der Waals surface area contributed by atoms with Crippen LogP contribution in [0, 0.1) is 0 Å². The van der Waals surface area contributed by atoms with Crippen LogP contribution in [0.3, 0.4) is 0 Å². The molecule has 0 rings (SSSR count). The van der Waals surface area contributed by atoms with E-state index in [2.05, 4.69) is 21.2 Å². The number of aliphatic hydroxyl groups is 1. The highest BCUT2D eigenvalue weighted by atomic mass is 79.9. The second-order valence-corrected chi connectivity index (χ2v) is 5.07. The number of nitrogens with one attached hydrogen (secondary N) is 1. The van der Waals surface area contributed by atoms with Gasteiger partial charge in [0.25, 0.3) is 6.43 Å². The minimum Gasteiger partial charge on any atom is -0.385 e. The smallest absolute Gasteiger partial charge is 0.265 e. The summed E-state index contributed by atoms with van der Waals surface area (Å²) in [7, 11) is 0. The van der Waals surface area contributed by atoms with Crippen molar-refractivity contribution in [1.82, 2.24) is 5.32 Å². The van der Waals surface area contributed by atoms with Crippen molar-refractivity contribution in [1.29, 1.82) is 0 Å². The van der Waals surface area contributed by atoms with Crippen LogP contribution < -0.4 is 5.32 Å². The van der Waals surface area contributed by atoms with Crippen LogP contribution in [-0.4, -0.2) is 34.4 Å². The predicted molar refractivity (Wildman–Crippen MR) is 48.0 cm³/mol. The topological polar surface area (TPSA) is 49.3 Å². The summed E-state index contributed by atoms with van der Waals surface area (Å²) in [6.45, 7) is 2.72. The Hall–Kier alpha value is -0.230. The fourth-order valence-corrected chi connectivity index (χ4v) is 0.637. The maximum atomic E-state index is 11.8. The zero-order valence-electron chi connectivity index (χ0n) is 7.35. The van der Waals surface area contributed by atoms with Crippen molar-refractivity contribution in [3.63, 3.8) is 0 Å². The lowest BCUT2D eigenvalue weighted by atomic mass is 10.2.